The van der Waals surface area contributed by atoms with E-state index in [9.17, 15) is 4.79 Å². The smallest absolute Gasteiger partial charge is 0.221 e. The van der Waals surface area contributed by atoms with E-state index in [2.05, 4.69) is 11.4 Å². The van der Waals surface area contributed by atoms with Gasteiger partial charge in [-0.3, -0.25) is 4.79 Å². The van der Waals surface area contributed by atoms with Gasteiger partial charge in [0.25, 0.3) is 0 Å². The summed E-state index contributed by atoms with van der Waals surface area (Å²) in [5.74, 6) is 0.832. The molecule has 1 aromatic heterocycles. The van der Waals surface area contributed by atoms with E-state index >= 15 is 0 Å². The molecule has 0 aliphatic carbocycles. The van der Waals surface area contributed by atoms with Crippen LogP contribution in [-0.2, 0) is 22.7 Å². The maximum absolute atomic E-state index is 12.2. The molecule has 1 aromatic carbocycles. The van der Waals surface area contributed by atoms with Crippen LogP contribution in [0.4, 0.5) is 5.13 Å². The van der Waals surface area contributed by atoms with Gasteiger partial charge in [0.15, 0.2) is 5.13 Å². The maximum atomic E-state index is 12.2. The number of ether oxygens (including phenoxy) is 2. The van der Waals surface area contributed by atoms with Gasteiger partial charge in [0.1, 0.15) is 5.75 Å². The number of fused-ring (bicyclic) bond motifs is 1. The van der Waals surface area contributed by atoms with Gasteiger partial charge in [-0.25, -0.2) is 4.98 Å². The monoisotopic (exact) mass is 361 g/mol. The lowest BCUT2D eigenvalue weighted by atomic mass is 9.92. The Labute approximate surface area is 151 Å². The van der Waals surface area contributed by atoms with E-state index < -0.39 is 0 Å². The number of carbonyl (C=O) groups is 1. The van der Waals surface area contributed by atoms with Gasteiger partial charge in [0.2, 0.25) is 5.91 Å². The quantitative estimate of drug-likeness (QED) is 0.887. The van der Waals surface area contributed by atoms with Crippen molar-refractivity contribution in [2.75, 3.05) is 33.2 Å². The summed E-state index contributed by atoms with van der Waals surface area (Å²) < 4.78 is 10.7. The van der Waals surface area contributed by atoms with Crippen molar-refractivity contribution in [3.63, 3.8) is 0 Å². The number of carbonyl (C=O) groups excluding carboxylic acids is 1. The van der Waals surface area contributed by atoms with E-state index in [0.29, 0.717) is 19.6 Å². The van der Waals surface area contributed by atoms with Gasteiger partial charge in [-0.15, -0.1) is 11.3 Å². The molecule has 3 rings (SSSR count). The molecule has 0 radical (unpaired) electrons. The van der Waals surface area contributed by atoms with Crippen molar-refractivity contribution in [1.82, 2.24) is 10.3 Å². The molecule has 25 heavy (non-hydrogen) atoms. The number of nitrogens with one attached hydrogen (secondary N) is 1. The highest BCUT2D eigenvalue weighted by Gasteiger charge is 2.28. The SMILES string of the molecule is COCc1cc(C2CC(=O)NCc3nc(N(C)C)sc32)ccc1OC. The average molecular weight is 361 g/mol. The Balaban J connectivity index is 2.05. The van der Waals surface area contributed by atoms with Crippen LogP contribution in [0.25, 0.3) is 0 Å². The second-order valence-electron chi connectivity index (χ2n) is 6.24. The Bertz CT molecular complexity index is 773. The lowest BCUT2D eigenvalue weighted by Gasteiger charge is -2.17. The van der Waals surface area contributed by atoms with Crippen molar-refractivity contribution < 1.29 is 14.3 Å². The summed E-state index contributed by atoms with van der Waals surface area (Å²) in [5, 5.41) is 3.91. The molecule has 2 heterocycles. The normalized spacial score (nSPS) is 16.8. The van der Waals surface area contributed by atoms with Crippen molar-refractivity contribution in [1.29, 1.82) is 0 Å². The summed E-state index contributed by atoms with van der Waals surface area (Å²) in [5.41, 5.74) is 3.01. The van der Waals surface area contributed by atoms with Crippen LogP contribution in [0, 0.1) is 0 Å². The number of benzene rings is 1. The van der Waals surface area contributed by atoms with Crippen LogP contribution in [0.15, 0.2) is 18.2 Å². The minimum absolute atomic E-state index is 0.00906. The molecule has 1 N–H and O–H groups in total. The van der Waals surface area contributed by atoms with E-state index in [-0.39, 0.29) is 11.8 Å². The second kappa shape index (κ2) is 7.41. The molecule has 0 saturated heterocycles. The van der Waals surface area contributed by atoms with Crippen LogP contribution < -0.4 is 15.0 Å². The van der Waals surface area contributed by atoms with Crippen molar-refractivity contribution in [3.05, 3.63) is 39.9 Å². The third kappa shape index (κ3) is 3.62. The molecule has 2 aromatic rings. The molecule has 1 amide bonds. The highest BCUT2D eigenvalue weighted by Crippen LogP contribution is 2.40. The number of amides is 1. The van der Waals surface area contributed by atoms with Gasteiger partial charge >= 0.3 is 0 Å². The molecule has 134 valence electrons. The highest BCUT2D eigenvalue weighted by molar-refractivity contribution is 7.15. The van der Waals surface area contributed by atoms with Gasteiger partial charge in [-0.1, -0.05) is 6.07 Å². The molecule has 0 saturated carbocycles. The predicted octanol–water partition coefficient (Wildman–Crippen LogP) is 2.52. The zero-order valence-corrected chi connectivity index (χ0v) is 15.8. The second-order valence-corrected chi connectivity index (χ2v) is 7.25. The lowest BCUT2D eigenvalue weighted by molar-refractivity contribution is -0.121. The molecule has 0 spiro atoms. The van der Waals surface area contributed by atoms with Crippen molar-refractivity contribution >= 4 is 22.4 Å². The van der Waals surface area contributed by atoms with Crippen LogP contribution in [0.1, 0.15) is 34.0 Å². The number of hydrogen-bond donors (Lipinski definition) is 1. The Morgan fingerprint density at radius 3 is 2.84 bits per heavy atom. The Morgan fingerprint density at radius 1 is 1.36 bits per heavy atom. The summed E-state index contributed by atoms with van der Waals surface area (Å²) in [6, 6.07) is 6.05. The van der Waals surface area contributed by atoms with Crippen molar-refractivity contribution in [2.45, 2.75) is 25.5 Å². The Morgan fingerprint density at radius 2 is 2.16 bits per heavy atom. The molecule has 1 aliphatic rings. The topological polar surface area (TPSA) is 63.7 Å². The van der Waals surface area contributed by atoms with E-state index in [1.165, 1.54) is 0 Å². The largest absolute Gasteiger partial charge is 0.496 e. The fourth-order valence-corrected chi connectivity index (χ4v) is 4.16. The minimum Gasteiger partial charge on any atom is -0.496 e. The summed E-state index contributed by atoms with van der Waals surface area (Å²) in [7, 11) is 7.28. The summed E-state index contributed by atoms with van der Waals surface area (Å²) in [6.45, 7) is 0.949. The first-order valence-corrected chi connectivity index (χ1v) is 8.94. The van der Waals surface area contributed by atoms with Crippen LogP contribution in [-0.4, -0.2) is 39.2 Å². The Kier molecular flexibility index (Phi) is 5.24. The molecule has 1 unspecified atom stereocenters. The summed E-state index contributed by atoms with van der Waals surface area (Å²) >= 11 is 1.65. The molecular formula is C18H23N3O3S. The fraction of sp³-hybridized carbons (Fsp3) is 0.444. The predicted molar refractivity (Wildman–Crippen MR) is 98.5 cm³/mol. The third-order valence-electron chi connectivity index (χ3n) is 4.26. The van der Waals surface area contributed by atoms with E-state index in [4.69, 9.17) is 14.5 Å². The molecule has 0 bridgehead atoms. The minimum atomic E-state index is -0.00906. The molecule has 0 fully saturated rings. The van der Waals surface area contributed by atoms with Crippen molar-refractivity contribution in [3.8, 4) is 5.75 Å². The molecule has 7 heteroatoms. The highest BCUT2D eigenvalue weighted by atomic mass is 32.1. The zero-order chi connectivity index (χ0) is 18.0. The van der Waals surface area contributed by atoms with Gasteiger partial charge in [-0.05, 0) is 17.7 Å². The number of rotatable bonds is 5. The van der Waals surface area contributed by atoms with Gasteiger partial charge < -0.3 is 19.7 Å². The number of aromatic nitrogens is 1. The number of anilines is 1. The molecule has 1 aliphatic heterocycles. The maximum Gasteiger partial charge on any atom is 0.221 e. The zero-order valence-electron chi connectivity index (χ0n) is 15.0. The van der Waals surface area contributed by atoms with E-state index in [0.717, 1.165) is 32.6 Å². The lowest BCUT2D eigenvalue weighted by Crippen LogP contribution is -2.21. The number of thiazole rings is 1. The summed E-state index contributed by atoms with van der Waals surface area (Å²) in [4.78, 5) is 20.0. The molecular weight excluding hydrogens is 338 g/mol. The van der Waals surface area contributed by atoms with Crippen LogP contribution in [0.5, 0.6) is 5.75 Å². The van der Waals surface area contributed by atoms with Crippen LogP contribution >= 0.6 is 11.3 Å². The van der Waals surface area contributed by atoms with Gasteiger partial charge in [0.05, 0.1) is 26.0 Å². The van der Waals surface area contributed by atoms with Gasteiger partial charge in [0, 0.05) is 44.0 Å². The van der Waals surface area contributed by atoms with E-state index in [1.807, 2.05) is 31.1 Å². The Hall–Kier alpha value is -2.12. The fourth-order valence-electron chi connectivity index (χ4n) is 3.03. The first-order valence-electron chi connectivity index (χ1n) is 8.12. The van der Waals surface area contributed by atoms with Crippen molar-refractivity contribution in [2.24, 2.45) is 0 Å². The number of hydrogen-bond acceptors (Lipinski definition) is 6. The van der Waals surface area contributed by atoms with E-state index in [1.54, 1.807) is 25.6 Å². The van der Waals surface area contributed by atoms with Crippen LogP contribution in [0.3, 0.4) is 0 Å². The standard InChI is InChI=1S/C18H23N3O3S/c1-21(2)18-20-14-9-19-16(22)8-13(17(14)25-18)11-5-6-15(24-4)12(7-11)10-23-3/h5-7,13H,8-10H2,1-4H3,(H,19,22). The summed E-state index contributed by atoms with van der Waals surface area (Å²) in [6.07, 6.45) is 0.417. The third-order valence-corrected chi connectivity index (χ3v) is 5.64. The van der Waals surface area contributed by atoms with Crippen LogP contribution in [0.2, 0.25) is 0 Å². The molecule has 6 nitrogen and oxygen atoms in total. The average Bonchev–Trinajstić information content (AvgIpc) is 2.96. The number of methoxy groups -OCH3 is 2. The molecule has 1 atom stereocenters. The first-order chi connectivity index (χ1) is 12.0. The first kappa shape index (κ1) is 17.7. The number of nitrogens with zero attached hydrogens (tertiary/aromatic N) is 2. The van der Waals surface area contributed by atoms with Gasteiger partial charge in [-0.2, -0.15) is 0 Å².